The quantitative estimate of drug-likeness (QED) is 0.723. The summed E-state index contributed by atoms with van der Waals surface area (Å²) in [6.07, 6.45) is 7.74. The fraction of sp³-hybridized carbons (Fsp3) is 0.765. The first-order valence-electron chi connectivity index (χ1n) is 8.77. The smallest absolute Gasteiger partial charge is 0.315 e. The third kappa shape index (κ3) is 4.44. The van der Waals surface area contributed by atoms with Crippen LogP contribution in [0.5, 0.6) is 0 Å². The summed E-state index contributed by atoms with van der Waals surface area (Å²) in [5.74, 6) is 0.707. The highest BCUT2D eigenvalue weighted by molar-refractivity contribution is 7.09. The normalized spacial score (nSPS) is 26.3. The van der Waals surface area contributed by atoms with E-state index in [0.717, 1.165) is 49.2 Å². The molecule has 2 fully saturated rings. The molecule has 2 amide bonds. The lowest BCUT2D eigenvalue weighted by atomic mass is 9.96. The van der Waals surface area contributed by atoms with Gasteiger partial charge in [0.2, 0.25) is 0 Å². The van der Waals surface area contributed by atoms with Crippen LogP contribution < -0.4 is 10.6 Å². The fourth-order valence-electron chi connectivity index (χ4n) is 3.47. The van der Waals surface area contributed by atoms with E-state index in [-0.39, 0.29) is 30.6 Å². The molecule has 0 radical (unpaired) electrons. The molecule has 2 saturated carbocycles. The number of carbonyl (C=O) groups is 1. The third-order valence-corrected chi connectivity index (χ3v) is 6.04. The van der Waals surface area contributed by atoms with Crippen molar-refractivity contribution in [3.05, 3.63) is 16.1 Å². The number of urea groups is 1. The number of nitrogens with one attached hydrogen (secondary N) is 2. The van der Waals surface area contributed by atoms with Gasteiger partial charge >= 0.3 is 6.03 Å². The number of thiazole rings is 1. The van der Waals surface area contributed by atoms with Gasteiger partial charge in [-0.3, -0.25) is 0 Å². The monoisotopic (exact) mass is 337 g/mol. The molecule has 3 rings (SSSR count). The highest BCUT2D eigenvalue weighted by Crippen LogP contribution is 2.41. The highest BCUT2D eigenvalue weighted by Gasteiger charge is 2.36. The van der Waals surface area contributed by atoms with Gasteiger partial charge in [-0.25, -0.2) is 9.78 Å². The Morgan fingerprint density at radius 2 is 2.13 bits per heavy atom. The second kappa shape index (κ2) is 7.62. The van der Waals surface area contributed by atoms with Crippen molar-refractivity contribution in [1.29, 1.82) is 0 Å². The minimum Gasteiger partial charge on any atom is -0.396 e. The van der Waals surface area contributed by atoms with Crippen LogP contribution >= 0.6 is 11.3 Å². The molecule has 23 heavy (non-hydrogen) atoms. The Hall–Kier alpha value is -1.14. The molecule has 6 heteroatoms. The van der Waals surface area contributed by atoms with E-state index in [1.54, 1.807) is 11.3 Å². The van der Waals surface area contributed by atoms with Gasteiger partial charge in [0.1, 0.15) is 5.01 Å². The average Bonchev–Trinajstić information content (AvgIpc) is 3.31. The standard InChI is InChI=1S/C17H27N3O2S/c1-11-10-23-16(18-11)15(12-7-8-12)20-17(22)19-14-6-4-2-3-5-13(14)9-21/h10,12-15,21H,2-9H2,1H3,(H2,19,20,22)/t13-,14-,15-/m1/s1. The molecular formula is C17H27N3O2S. The van der Waals surface area contributed by atoms with E-state index in [0.29, 0.717) is 5.92 Å². The van der Waals surface area contributed by atoms with Gasteiger partial charge in [-0.05, 0) is 38.5 Å². The molecular weight excluding hydrogens is 310 g/mol. The van der Waals surface area contributed by atoms with E-state index in [4.69, 9.17) is 0 Å². The first-order chi connectivity index (χ1) is 11.2. The molecule has 3 N–H and O–H groups in total. The zero-order valence-electron chi connectivity index (χ0n) is 13.8. The number of rotatable bonds is 5. The molecule has 128 valence electrons. The van der Waals surface area contributed by atoms with Gasteiger partial charge in [-0.2, -0.15) is 0 Å². The van der Waals surface area contributed by atoms with Crippen molar-refractivity contribution in [3.8, 4) is 0 Å². The fourth-order valence-corrected chi connectivity index (χ4v) is 4.41. The van der Waals surface area contributed by atoms with E-state index in [1.165, 1.54) is 6.42 Å². The number of hydrogen-bond acceptors (Lipinski definition) is 4. The summed E-state index contributed by atoms with van der Waals surface area (Å²) in [5, 5.41) is 18.9. The summed E-state index contributed by atoms with van der Waals surface area (Å²) in [6.45, 7) is 2.14. The predicted octanol–water partition coefficient (Wildman–Crippen LogP) is 3.14. The zero-order valence-corrected chi connectivity index (χ0v) is 14.6. The van der Waals surface area contributed by atoms with Crippen LogP contribution in [0.15, 0.2) is 5.38 Å². The average molecular weight is 337 g/mol. The first kappa shape index (κ1) is 16.7. The summed E-state index contributed by atoms with van der Waals surface area (Å²) < 4.78 is 0. The number of amides is 2. The van der Waals surface area contributed by atoms with Crippen LogP contribution in [0.4, 0.5) is 4.79 Å². The van der Waals surface area contributed by atoms with Crippen molar-refractivity contribution in [1.82, 2.24) is 15.6 Å². The minimum absolute atomic E-state index is 0.0343. The molecule has 0 saturated heterocycles. The van der Waals surface area contributed by atoms with Crippen LogP contribution in [0, 0.1) is 18.8 Å². The van der Waals surface area contributed by atoms with Crippen LogP contribution in [0.1, 0.15) is 61.7 Å². The Morgan fingerprint density at radius 1 is 1.35 bits per heavy atom. The molecule has 1 aromatic heterocycles. The zero-order chi connectivity index (χ0) is 16.2. The molecule has 3 atom stereocenters. The lowest BCUT2D eigenvalue weighted by molar-refractivity contribution is 0.178. The molecule has 2 aliphatic carbocycles. The van der Waals surface area contributed by atoms with Crippen LogP contribution in [-0.4, -0.2) is 28.8 Å². The maximum absolute atomic E-state index is 12.5. The van der Waals surface area contributed by atoms with Crippen molar-refractivity contribution in [2.24, 2.45) is 11.8 Å². The molecule has 0 bridgehead atoms. The molecule has 1 heterocycles. The van der Waals surface area contributed by atoms with Crippen LogP contribution in [0.25, 0.3) is 0 Å². The molecule has 0 aliphatic heterocycles. The summed E-state index contributed by atoms with van der Waals surface area (Å²) in [6, 6.07) is 0.00698. The van der Waals surface area contributed by atoms with E-state index in [9.17, 15) is 9.90 Å². The predicted molar refractivity (Wildman–Crippen MR) is 91.4 cm³/mol. The summed E-state index contributed by atoms with van der Waals surface area (Å²) >= 11 is 1.63. The number of aryl methyl sites for hydroxylation is 1. The number of aromatic nitrogens is 1. The Morgan fingerprint density at radius 3 is 2.78 bits per heavy atom. The van der Waals surface area contributed by atoms with Crippen molar-refractivity contribution < 1.29 is 9.90 Å². The number of carbonyl (C=O) groups excluding carboxylic acids is 1. The largest absolute Gasteiger partial charge is 0.396 e. The van der Waals surface area contributed by atoms with E-state index in [1.807, 2.05) is 12.3 Å². The van der Waals surface area contributed by atoms with Crippen LogP contribution in [0.2, 0.25) is 0 Å². The van der Waals surface area contributed by atoms with Gasteiger partial charge < -0.3 is 15.7 Å². The summed E-state index contributed by atoms with van der Waals surface area (Å²) in [4.78, 5) is 17.0. The number of hydrogen-bond donors (Lipinski definition) is 3. The van der Waals surface area contributed by atoms with Gasteiger partial charge in [0.25, 0.3) is 0 Å². The van der Waals surface area contributed by atoms with E-state index in [2.05, 4.69) is 15.6 Å². The summed E-state index contributed by atoms with van der Waals surface area (Å²) in [7, 11) is 0. The molecule has 5 nitrogen and oxygen atoms in total. The van der Waals surface area contributed by atoms with Crippen molar-refractivity contribution in [2.45, 2.75) is 64.0 Å². The molecule has 0 spiro atoms. The third-order valence-electron chi connectivity index (χ3n) is 4.99. The van der Waals surface area contributed by atoms with Crippen LogP contribution in [-0.2, 0) is 0 Å². The lowest BCUT2D eigenvalue weighted by Gasteiger charge is -2.26. The lowest BCUT2D eigenvalue weighted by Crippen LogP contribution is -2.47. The van der Waals surface area contributed by atoms with Gasteiger partial charge in [0.05, 0.1) is 6.04 Å². The van der Waals surface area contributed by atoms with E-state index >= 15 is 0 Å². The molecule has 2 aliphatic rings. The van der Waals surface area contributed by atoms with Gasteiger partial charge in [-0.15, -0.1) is 11.3 Å². The van der Waals surface area contributed by atoms with Crippen molar-refractivity contribution >= 4 is 17.4 Å². The minimum atomic E-state index is -0.111. The van der Waals surface area contributed by atoms with E-state index < -0.39 is 0 Å². The number of nitrogens with zero attached hydrogens (tertiary/aromatic N) is 1. The number of aliphatic hydroxyl groups is 1. The maximum atomic E-state index is 12.5. The topological polar surface area (TPSA) is 74.2 Å². The Balaban J connectivity index is 1.60. The second-order valence-corrected chi connectivity index (χ2v) is 7.84. The molecule has 0 aromatic carbocycles. The summed E-state index contributed by atoms with van der Waals surface area (Å²) in [5.41, 5.74) is 1.02. The van der Waals surface area contributed by atoms with Crippen molar-refractivity contribution in [3.63, 3.8) is 0 Å². The SMILES string of the molecule is Cc1csc([C@H](NC(=O)N[C@@H]2CCCCC[C@@H]2CO)C2CC2)n1. The first-order valence-corrected chi connectivity index (χ1v) is 9.65. The van der Waals surface area contributed by atoms with Gasteiger partial charge in [0.15, 0.2) is 0 Å². The van der Waals surface area contributed by atoms with Crippen molar-refractivity contribution in [2.75, 3.05) is 6.61 Å². The second-order valence-electron chi connectivity index (χ2n) is 6.95. The van der Waals surface area contributed by atoms with Gasteiger partial charge in [-0.1, -0.05) is 19.3 Å². The van der Waals surface area contributed by atoms with Crippen LogP contribution in [0.3, 0.4) is 0 Å². The Bertz CT molecular complexity index is 530. The molecule has 1 aromatic rings. The molecule has 0 unspecified atom stereocenters. The Labute approximate surface area is 141 Å². The number of aliphatic hydroxyl groups excluding tert-OH is 1. The maximum Gasteiger partial charge on any atom is 0.315 e. The Kier molecular flexibility index (Phi) is 5.54. The van der Waals surface area contributed by atoms with Gasteiger partial charge in [0, 0.05) is 29.6 Å². The highest BCUT2D eigenvalue weighted by atomic mass is 32.1.